The highest BCUT2D eigenvalue weighted by Gasteiger charge is 2.64. The van der Waals surface area contributed by atoms with Crippen molar-refractivity contribution in [2.45, 2.75) is 25.6 Å². The Morgan fingerprint density at radius 1 is 1.30 bits per heavy atom. The summed E-state index contributed by atoms with van der Waals surface area (Å²) >= 11 is 3.11. The number of carbonyl (C=O) groups excluding carboxylic acids is 1. The van der Waals surface area contributed by atoms with Gasteiger partial charge in [-0.2, -0.15) is 13.2 Å². The van der Waals surface area contributed by atoms with E-state index in [1.807, 2.05) is 0 Å². The fourth-order valence-electron chi connectivity index (χ4n) is 1.89. The van der Waals surface area contributed by atoms with Crippen molar-refractivity contribution in [1.29, 1.82) is 0 Å². The molecule has 3 nitrogen and oxygen atoms in total. The largest absolute Gasteiger partial charge is 0.463 e. The summed E-state index contributed by atoms with van der Waals surface area (Å²) in [7, 11) is 0.834. The average molecular weight is 355 g/mol. The molecule has 0 fully saturated rings. The lowest BCUT2D eigenvalue weighted by Crippen LogP contribution is -2.51. The molecule has 7 heteroatoms. The number of carbonyl (C=O) groups is 1. The van der Waals surface area contributed by atoms with Gasteiger partial charge in [-0.15, -0.1) is 0 Å². The van der Waals surface area contributed by atoms with Crippen molar-refractivity contribution in [3.05, 3.63) is 33.8 Å². The summed E-state index contributed by atoms with van der Waals surface area (Å²) < 4.78 is 49.9. The predicted octanol–water partition coefficient (Wildman–Crippen LogP) is 3.72. The van der Waals surface area contributed by atoms with Crippen LogP contribution in [0.1, 0.15) is 18.1 Å². The fraction of sp³-hybridized carbons (Fsp3) is 0.462. The third-order valence-corrected chi connectivity index (χ3v) is 3.17. The minimum absolute atomic E-state index is 0.174. The highest BCUT2D eigenvalue weighted by atomic mass is 79.9. The zero-order valence-corrected chi connectivity index (χ0v) is 12.8. The second-order valence-electron chi connectivity index (χ2n) is 4.12. The van der Waals surface area contributed by atoms with E-state index >= 15 is 0 Å². The van der Waals surface area contributed by atoms with Crippen LogP contribution in [0.5, 0.6) is 0 Å². The quantitative estimate of drug-likeness (QED) is 0.773. The van der Waals surface area contributed by atoms with E-state index in [2.05, 4.69) is 25.4 Å². The van der Waals surface area contributed by atoms with Gasteiger partial charge in [0.2, 0.25) is 0 Å². The van der Waals surface area contributed by atoms with E-state index in [0.717, 1.165) is 7.11 Å². The Bertz CT molecular complexity index is 482. The summed E-state index contributed by atoms with van der Waals surface area (Å²) in [5.74, 6) is -1.48. The molecule has 0 aliphatic rings. The molecule has 0 aliphatic heterocycles. The van der Waals surface area contributed by atoms with Crippen LogP contribution >= 0.6 is 15.9 Å². The van der Waals surface area contributed by atoms with E-state index in [-0.39, 0.29) is 12.2 Å². The highest BCUT2D eigenvalue weighted by Crippen LogP contribution is 2.43. The molecule has 0 saturated carbocycles. The van der Waals surface area contributed by atoms with Crippen LogP contribution in [-0.2, 0) is 19.9 Å². The highest BCUT2D eigenvalue weighted by molar-refractivity contribution is 9.10. The molecule has 1 aromatic rings. The molecule has 0 saturated heterocycles. The van der Waals surface area contributed by atoms with Gasteiger partial charge in [0, 0.05) is 17.1 Å². The SMILES string of the molecule is CCOC(=O)C(OC)(c1cc(C)cc(Br)c1)C(F)(F)F. The first-order chi connectivity index (χ1) is 9.18. The summed E-state index contributed by atoms with van der Waals surface area (Å²) in [4.78, 5) is 11.9. The smallest absolute Gasteiger partial charge is 0.432 e. The second-order valence-corrected chi connectivity index (χ2v) is 5.04. The molecular formula is C13H14BrF3O3. The number of hydrogen-bond donors (Lipinski definition) is 0. The van der Waals surface area contributed by atoms with Crippen molar-refractivity contribution in [3.8, 4) is 0 Å². The Morgan fingerprint density at radius 2 is 1.90 bits per heavy atom. The van der Waals surface area contributed by atoms with Crippen LogP contribution in [0, 0.1) is 6.92 Å². The third-order valence-electron chi connectivity index (χ3n) is 2.72. The Balaban J connectivity index is 3.55. The zero-order chi connectivity index (χ0) is 15.6. The van der Waals surface area contributed by atoms with Gasteiger partial charge in [-0.05, 0) is 31.5 Å². The third kappa shape index (κ3) is 2.98. The van der Waals surface area contributed by atoms with E-state index in [0.29, 0.717) is 10.0 Å². The summed E-state index contributed by atoms with van der Waals surface area (Å²) in [6.45, 7) is 2.88. The van der Waals surface area contributed by atoms with Gasteiger partial charge >= 0.3 is 12.1 Å². The van der Waals surface area contributed by atoms with Crippen LogP contribution in [0.2, 0.25) is 0 Å². The van der Waals surface area contributed by atoms with Gasteiger partial charge in [-0.1, -0.05) is 22.0 Å². The van der Waals surface area contributed by atoms with Crippen LogP contribution in [0.15, 0.2) is 22.7 Å². The van der Waals surface area contributed by atoms with Gasteiger partial charge in [-0.25, -0.2) is 4.79 Å². The van der Waals surface area contributed by atoms with Crippen LogP contribution in [0.3, 0.4) is 0 Å². The average Bonchev–Trinajstić information content (AvgIpc) is 2.27. The van der Waals surface area contributed by atoms with E-state index < -0.39 is 17.7 Å². The Morgan fingerprint density at radius 3 is 2.30 bits per heavy atom. The maximum absolute atomic E-state index is 13.5. The van der Waals surface area contributed by atoms with Gasteiger partial charge in [0.25, 0.3) is 5.60 Å². The van der Waals surface area contributed by atoms with Crippen molar-refractivity contribution in [2.75, 3.05) is 13.7 Å². The summed E-state index contributed by atoms with van der Waals surface area (Å²) in [5.41, 5.74) is -2.89. The number of rotatable bonds is 4. The number of ether oxygens (including phenoxy) is 2. The number of alkyl halides is 3. The number of esters is 1. The Kier molecular flexibility index (Phi) is 5.21. The second kappa shape index (κ2) is 6.13. The lowest BCUT2D eigenvalue weighted by atomic mass is 9.91. The fourth-order valence-corrected chi connectivity index (χ4v) is 2.49. The van der Waals surface area contributed by atoms with Crippen molar-refractivity contribution in [1.82, 2.24) is 0 Å². The zero-order valence-electron chi connectivity index (χ0n) is 11.2. The van der Waals surface area contributed by atoms with Gasteiger partial charge in [0.05, 0.1) is 6.61 Å². The van der Waals surface area contributed by atoms with Gasteiger partial charge in [0.1, 0.15) is 0 Å². The maximum atomic E-state index is 13.5. The molecule has 1 unspecified atom stereocenters. The van der Waals surface area contributed by atoms with E-state index in [9.17, 15) is 18.0 Å². The van der Waals surface area contributed by atoms with Crippen LogP contribution in [0.4, 0.5) is 13.2 Å². The monoisotopic (exact) mass is 354 g/mol. The first-order valence-electron chi connectivity index (χ1n) is 5.75. The summed E-state index contributed by atoms with van der Waals surface area (Å²) in [6, 6.07) is 4.07. The van der Waals surface area contributed by atoms with E-state index in [4.69, 9.17) is 0 Å². The number of methoxy groups -OCH3 is 1. The molecule has 0 spiro atoms. The molecule has 0 N–H and O–H groups in total. The number of hydrogen-bond acceptors (Lipinski definition) is 3. The Hall–Kier alpha value is -1.08. The van der Waals surface area contributed by atoms with Crippen molar-refractivity contribution in [2.24, 2.45) is 0 Å². The summed E-state index contributed by atoms with van der Waals surface area (Å²) in [5, 5.41) is 0. The van der Waals surface area contributed by atoms with Crippen molar-refractivity contribution in [3.63, 3.8) is 0 Å². The molecule has 0 heterocycles. The van der Waals surface area contributed by atoms with Crippen LogP contribution in [0.25, 0.3) is 0 Å². The summed E-state index contributed by atoms with van der Waals surface area (Å²) in [6.07, 6.45) is -4.94. The van der Waals surface area contributed by atoms with Crippen molar-refractivity contribution < 1.29 is 27.4 Å². The molecule has 0 amide bonds. The van der Waals surface area contributed by atoms with Crippen LogP contribution < -0.4 is 0 Å². The predicted molar refractivity (Wildman–Crippen MR) is 70.3 cm³/mol. The first-order valence-corrected chi connectivity index (χ1v) is 6.55. The number of aryl methyl sites for hydroxylation is 1. The minimum Gasteiger partial charge on any atom is -0.463 e. The number of halogens is 4. The Labute approximate surface area is 123 Å². The number of benzene rings is 1. The molecule has 1 rings (SSSR count). The molecule has 0 bridgehead atoms. The molecule has 112 valence electrons. The molecule has 1 aromatic carbocycles. The van der Waals surface area contributed by atoms with Gasteiger partial charge < -0.3 is 9.47 Å². The molecular weight excluding hydrogens is 341 g/mol. The van der Waals surface area contributed by atoms with E-state index in [1.54, 1.807) is 13.0 Å². The minimum atomic E-state index is -4.94. The molecule has 20 heavy (non-hydrogen) atoms. The van der Waals surface area contributed by atoms with Crippen LogP contribution in [-0.4, -0.2) is 25.9 Å². The first kappa shape index (κ1) is 17.0. The normalized spacial score (nSPS) is 14.8. The maximum Gasteiger partial charge on any atom is 0.432 e. The van der Waals surface area contributed by atoms with Gasteiger partial charge in [0.15, 0.2) is 0 Å². The molecule has 1 atom stereocenters. The van der Waals surface area contributed by atoms with Crippen molar-refractivity contribution >= 4 is 21.9 Å². The standard InChI is InChI=1S/C13H14BrF3O3/c1-4-20-11(18)12(19-3,13(15,16)17)9-5-8(2)6-10(14)7-9/h5-7H,4H2,1-3H3. The lowest BCUT2D eigenvalue weighted by Gasteiger charge is -2.32. The molecule has 0 radical (unpaired) electrons. The molecule has 0 aromatic heterocycles. The lowest BCUT2D eigenvalue weighted by molar-refractivity contribution is -0.276. The van der Waals surface area contributed by atoms with Gasteiger partial charge in [-0.3, -0.25) is 0 Å². The molecule has 0 aliphatic carbocycles. The topological polar surface area (TPSA) is 35.5 Å². The van der Waals surface area contributed by atoms with E-state index in [1.165, 1.54) is 19.1 Å².